The Bertz CT molecular complexity index is 526. The summed E-state index contributed by atoms with van der Waals surface area (Å²) in [5.41, 5.74) is 1.02. The molecule has 1 saturated heterocycles. The summed E-state index contributed by atoms with van der Waals surface area (Å²) in [7, 11) is 0. The van der Waals surface area contributed by atoms with Gasteiger partial charge < -0.3 is 9.64 Å². The van der Waals surface area contributed by atoms with Crippen molar-refractivity contribution in [1.82, 2.24) is 9.80 Å². The minimum Gasteiger partial charge on any atom is -0.483 e. The summed E-state index contributed by atoms with van der Waals surface area (Å²) in [5.74, 6) is 0.488. The number of aryl methyl sites for hydroxylation is 1. The molecule has 1 amide bonds. The lowest BCUT2D eigenvalue weighted by atomic mass is 10.1. The number of halogens is 3. The molecule has 1 aliphatic heterocycles. The van der Waals surface area contributed by atoms with Crippen LogP contribution >= 0.6 is 0 Å². The van der Waals surface area contributed by atoms with Crippen molar-refractivity contribution in [3.05, 3.63) is 29.8 Å². The molecule has 23 heavy (non-hydrogen) atoms. The number of amides is 1. The lowest BCUT2D eigenvalue weighted by Crippen LogP contribution is -2.51. The molecule has 2 rings (SSSR count). The summed E-state index contributed by atoms with van der Waals surface area (Å²) in [6.07, 6.45) is -3.39. The molecule has 1 aromatic rings. The third-order valence-electron chi connectivity index (χ3n) is 3.83. The van der Waals surface area contributed by atoms with E-state index in [0.717, 1.165) is 12.0 Å². The van der Waals surface area contributed by atoms with Gasteiger partial charge in [0.1, 0.15) is 5.75 Å². The zero-order valence-electron chi connectivity index (χ0n) is 13.1. The van der Waals surface area contributed by atoms with E-state index in [1.165, 1.54) is 4.90 Å². The molecule has 128 valence electrons. The maximum absolute atomic E-state index is 12.3. The quantitative estimate of drug-likeness (QED) is 0.831. The number of benzene rings is 1. The second kappa shape index (κ2) is 7.68. The predicted molar refractivity (Wildman–Crippen MR) is 80.4 cm³/mol. The van der Waals surface area contributed by atoms with E-state index in [1.54, 1.807) is 4.90 Å². The van der Waals surface area contributed by atoms with Gasteiger partial charge in [-0.3, -0.25) is 9.69 Å². The average molecular weight is 330 g/mol. The second-order valence-electron chi connectivity index (χ2n) is 5.52. The normalized spacial score (nSPS) is 16.4. The fourth-order valence-electron chi connectivity index (χ4n) is 2.58. The molecule has 0 saturated carbocycles. The molecule has 0 N–H and O–H groups in total. The van der Waals surface area contributed by atoms with Crippen molar-refractivity contribution in [3.8, 4) is 5.75 Å². The van der Waals surface area contributed by atoms with Crippen LogP contribution in [0.15, 0.2) is 24.3 Å². The summed E-state index contributed by atoms with van der Waals surface area (Å²) >= 11 is 0. The second-order valence-corrected chi connectivity index (χ2v) is 5.52. The fraction of sp³-hybridized carbons (Fsp3) is 0.562. The number of nitrogens with zero attached hydrogens (tertiary/aromatic N) is 2. The highest BCUT2D eigenvalue weighted by atomic mass is 19.4. The zero-order valence-corrected chi connectivity index (χ0v) is 13.1. The van der Waals surface area contributed by atoms with Crippen LogP contribution in [0.2, 0.25) is 0 Å². The SMILES string of the molecule is CCc1ccccc1OCC(=O)N1CCN(CC(F)(F)F)CC1. The number of carbonyl (C=O) groups is 1. The summed E-state index contributed by atoms with van der Waals surface area (Å²) in [6.45, 7) is 2.06. The number of rotatable bonds is 5. The molecule has 0 bridgehead atoms. The molecule has 1 aliphatic rings. The number of carbonyl (C=O) groups excluding carboxylic acids is 1. The molecule has 0 aromatic heterocycles. The molecule has 7 heteroatoms. The number of para-hydroxylation sites is 1. The van der Waals surface area contributed by atoms with E-state index in [-0.39, 0.29) is 25.6 Å². The maximum Gasteiger partial charge on any atom is 0.401 e. The van der Waals surface area contributed by atoms with Crippen LogP contribution in [0.3, 0.4) is 0 Å². The molecule has 1 heterocycles. The molecule has 1 aromatic carbocycles. The predicted octanol–water partition coefficient (Wildman–Crippen LogP) is 2.33. The summed E-state index contributed by atoms with van der Waals surface area (Å²) in [5, 5.41) is 0. The van der Waals surface area contributed by atoms with Gasteiger partial charge in [0, 0.05) is 26.2 Å². The minimum atomic E-state index is -4.20. The van der Waals surface area contributed by atoms with Crippen LogP contribution in [0, 0.1) is 0 Å². The van der Waals surface area contributed by atoms with Crippen LogP contribution in [0.1, 0.15) is 12.5 Å². The molecule has 1 fully saturated rings. The van der Waals surface area contributed by atoms with Gasteiger partial charge in [-0.2, -0.15) is 13.2 Å². The van der Waals surface area contributed by atoms with Crippen LogP contribution in [-0.4, -0.2) is 61.2 Å². The lowest BCUT2D eigenvalue weighted by molar-refractivity contribution is -0.152. The summed E-state index contributed by atoms with van der Waals surface area (Å²) < 4.78 is 42.6. The van der Waals surface area contributed by atoms with Gasteiger partial charge in [0.15, 0.2) is 6.61 Å². The third-order valence-corrected chi connectivity index (χ3v) is 3.83. The van der Waals surface area contributed by atoms with Crippen LogP contribution in [0.5, 0.6) is 5.75 Å². The van der Waals surface area contributed by atoms with Crippen molar-refractivity contribution < 1.29 is 22.7 Å². The highest BCUT2D eigenvalue weighted by Crippen LogP contribution is 2.19. The van der Waals surface area contributed by atoms with Crippen molar-refractivity contribution in [2.24, 2.45) is 0 Å². The smallest absolute Gasteiger partial charge is 0.401 e. The Balaban J connectivity index is 1.79. The van der Waals surface area contributed by atoms with Crippen molar-refractivity contribution in [1.29, 1.82) is 0 Å². The van der Waals surface area contributed by atoms with Crippen LogP contribution in [-0.2, 0) is 11.2 Å². The van der Waals surface area contributed by atoms with Crippen LogP contribution in [0.25, 0.3) is 0 Å². The van der Waals surface area contributed by atoms with Gasteiger partial charge in [-0.15, -0.1) is 0 Å². The van der Waals surface area contributed by atoms with Gasteiger partial charge in [-0.1, -0.05) is 25.1 Å². The van der Waals surface area contributed by atoms with E-state index >= 15 is 0 Å². The Morgan fingerprint density at radius 2 is 1.83 bits per heavy atom. The van der Waals surface area contributed by atoms with E-state index < -0.39 is 12.7 Å². The first-order valence-electron chi connectivity index (χ1n) is 7.66. The topological polar surface area (TPSA) is 32.8 Å². The summed E-state index contributed by atoms with van der Waals surface area (Å²) in [6, 6.07) is 7.51. The Hall–Kier alpha value is -1.76. The van der Waals surface area contributed by atoms with Crippen molar-refractivity contribution in [2.75, 3.05) is 39.3 Å². The first-order chi connectivity index (χ1) is 10.9. The largest absolute Gasteiger partial charge is 0.483 e. The van der Waals surface area contributed by atoms with Gasteiger partial charge in [-0.05, 0) is 18.1 Å². The van der Waals surface area contributed by atoms with Crippen molar-refractivity contribution >= 4 is 5.91 Å². The Labute approximate surface area is 133 Å². The summed E-state index contributed by atoms with van der Waals surface area (Å²) in [4.78, 5) is 15.0. The first-order valence-corrected chi connectivity index (χ1v) is 7.66. The highest BCUT2D eigenvalue weighted by molar-refractivity contribution is 5.78. The zero-order chi connectivity index (χ0) is 16.9. The van der Waals surface area contributed by atoms with Crippen LogP contribution in [0.4, 0.5) is 13.2 Å². The van der Waals surface area contributed by atoms with Crippen molar-refractivity contribution in [2.45, 2.75) is 19.5 Å². The number of hydrogen-bond acceptors (Lipinski definition) is 3. The molecule has 0 spiro atoms. The van der Waals surface area contributed by atoms with E-state index in [9.17, 15) is 18.0 Å². The van der Waals surface area contributed by atoms with Gasteiger partial charge >= 0.3 is 6.18 Å². The maximum atomic E-state index is 12.3. The lowest BCUT2D eigenvalue weighted by Gasteiger charge is -2.34. The highest BCUT2D eigenvalue weighted by Gasteiger charge is 2.32. The van der Waals surface area contributed by atoms with E-state index in [2.05, 4.69) is 0 Å². The monoisotopic (exact) mass is 330 g/mol. The Morgan fingerprint density at radius 3 is 2.43 bits per heavy atom. The Morgan fingerprint density at radius 1 is 1.17 bits per heavy atom. The molecular weight excluding hydrogens is 309 g/mol. The van der Waals surface area contributed by atoms with E-state index in [1.807, 2.05) is 31.2 Å². The van der Waals surface area contributed by atoms with Gasteiger partial charge in [-0.25, -0.2) is 0 Å². The molecule has 0 radical (unpaired) electrons. The molecule has 0 atom stereocenters. The number of hydrogen-bond donors (Lipinski definition) is 0. The third kappa shape index (κ3) is 5.42. The first kappa shape index (κ1) is 17.6. The van der Waals surface area contributed by atoms with Gasteiger partial charge in [0.2, 0.25) is 0 Å². The fourth-order valence-corrected chi connectivity index (χ4v) is 2.58. The molecular formula is C16H21F3N2O2. The molecule has 0 aliphatic carbocycles. The van der Waals surface area contributed by atoms with Crippen molar-refractivity contribution in [3.63, 3.8) is 0 Å². The van der Waals surface area contributed by atoms with Gasteiger partial charge in [0.25, 0.3) is 5.91 Å². The standard InChI is InChI=1S/C16H21F3N2O2/c1-2-13-5-3-4-6-14(13)23-11-15(22)21-9-7-20(8-10-21)12-16(17,18)19/h3-6H,2,7-12H2,1H3. The van der Waals surface area contributed by atoms with Crippen LogP contribution < -0.4 is 4.74 Å². The van der Waals surface area contributed by atoms with E-state index in [0.29, 0.717) is 18.8 Å². The van der Waals surface area contributed by atoms with Gasteiger partial charge in [0.05, 0.1) is 6.54 Å². The van der Waals surface area contributed by atoms with E-state index in [4.69, 9.17) is 4.74 Å². The molecule has 4 nitrogen and oxygen atoms in total. The average Bonchev–Trinajstić information content (AvgIpc) is 2.52. The number of piperazine rings is 1. The number of alkyl halides is 3. The minimum absolute atomic E-state index is 0.0870. The number of ether oxygens (including phenoxy) is 1. The Kier molecular flexibility index (Phi) is 5.87. The molecule has 0 unspecified atom stereocenters.